The Morgan fingerprint density at radius 2 is 1.65 bits per heavy atom. The standard InChI is InChI=1S/C30H31FN8O2.2ClH/c1-37-28(21-4-2-20(13-32)3-5-21)26-27(36-37)29(40)39(19-35-26)17-30(41)8-10-38(11-9-30)16-23-7-6-22(12-25(23)31)24-14-33-18-34-15-24;;/h2-7,12,14-15,18-19,41H,8-11,13,16-17,32H2,1H3;2*1H. The van der Waals surface area contributed by atoms with E-state index >= 15 is 0 Å². The summed E-state index contributed by atoms with van der Waals surface area (Å²) >= 11 is 0. The van der Waals surface area contributed by atoms with Gasteiger partial charge in [-0.1, -0.05) is 36.4 Å². The fraction of sp³-hybridized carbons (Fsp3) is 0.300. The van der Waals surface area contributed by atoms with Crippen molar-refractivity contribution in [2.24, 2.45) is 12.8 Å². The number of benzene rings is 2. The van der Waals surface area contributed by atoms with Crippen LogP contribution in [0.15, 0.2) is 72.3 Å². The van der Waals surface area contributed by atoms with Crippen molar-refractivity contribution in [1.82, 2.24) is 34.2 Å². The average Bonchev–Trinajstić information content (AvgIpc) is 3.34. The molecule has 4 heterocycles. The highest BCUT2D eigenvalue weighted by Gasteiger charge is 2.33. The molecule has 0 bridgehead atoms. The topological polar surface area (TPSA) is 128 Å². The van der Waals surface area contributed by atoms with Crippen molar-refractivity contribution in [2.75, 3.05) is 13.1 Å². The van der Waals surface area contributed by atoms with Crippen LogP contribution in [0.1, 0.15) is 24.0 Å². The summed E-state index contributed by atoms with van der Waals surface area (Å²) in [6.45, 7) is 2.14. The lowest BCUT2D eigenvalue weighted by atomic mass is 9.91. The Labute approximate surface area is 260 Å². The molecule has 10 nitrogen and oxygen atoms in total. The van der Waals surface area contributed by atoms with Gasteiger partial charge >= 0.3 is 0 Å². The zero-order valence-electron chi connectivity index (χ0n) is 23.6. The lowest BCUT2D eigenvalue weighted by Gasteiger charge is -2.38. The smallest absolute Gasteiger partial charge is 0.281 e. The summed E-state index contributed by atoms with van der Waals surface area (Å²) in [5.74, 6) is -0.289. The summed E-state index contributed by atoms with van der Waals surface area (Å²) in [5.41, 5.74) is 9.84. The van der Waals surface area contributed by atoms with Gasteiger partial charge < -0.3 is 10.8 Å². The number of piperidine rings is 1. The Bertz CT molecular complexity index is 1750. The van der Waals surface area contributed by atoms with Crippen molar-refractivity contribution in [1.29, 1.82) is 0 Å². The van der Waals surface area contributed by atoms with Crippen LogP contribution in [0.5, 0.6) is 0 Å². The predicted molar refractivity (Wildman–Crippen MR) is 167 cm³/mol. The van der Waals surface area contributed by atoms with Crippen LogP contribution < -0.4 is 11.3 Å². The van der Waals surface area contributed by atoms with Gasteiger partial charge in [-0.2, -0.15) is 5.10 Å². The predicted octanol–water partition coefficient (Wildman–Crippen LogP) is 3.72. The fourth-order valence-corrected chi connectivity index (χ4v) is 5.48. The summed E-state index contributed by atoms with van der Waals surface area (Å²) in [6, 6.07) is 12.9. The molecule has 5 aromatic rings. The van der Waals surface area contributed by atoms with E-state index in [0.717, 1.165) is 27.9 Å². The Kier molecular flexibility index (Phi) is 9.93. The molecule has 0 unspecified atom stereocenters. The Balaban J connectivity index is 0.00000212. The number of hydrogen-bond donors (Lipinski definition) is 2. The highest BCUT2D eigenvalue weighted by atomic mass is 35.5. The van der Waals surface area contributed by atoms with E-state index in [9.17, 15) is 14.3 Å². The molecule has 0 amide bonds. The van der Waals surface area contributed by atoms with Gasteiger partial charge in [0.1, 0.15) is 17.7 Å². The normalized spacial score (nSPS) is 14.7. The number of halogens is 3. The molecule has 0 atom stereocenters. The number of aliphatic hydroxyl groups is 1. The summed E-state index contributed by atoms with van der Waals surface area (Å²) in [5, 5.41) is 15.8. The van der Waals surface area contributed by atoms with Crippen LogP contribution in [-0.4, -0.2) is 58.0 Å². The third kappa shape index (κ3) is 6.61. The van der Waals surface area contributed by atoms with E-state index < -0.39 is 5.60 Å². The van der Waals surface area contributed by atoms with Crippen LogP contribution in [0.3, 0.4) is 0 Å². The molecule has 2 aromatic carbocycles. The van der Waals surface area contributed by atoms with Gasteiger partial charge in [-0.15, -0.1) is 24.8 Å². The molecule has 1 fully saturated rings. The molecule has 13 heteroatoms. The Morgan fingerprint density at radius 1 is 0.977 bits per heavy atom. The number of nitrogens with zero attached hydrogens (tertiary/aromatic N) is 7. The van der Waals surface area contributed by atoms with Crippen LogP contribution >= 0.6 is 24.8 Å². The van der Waals surface area contributed by atoms with E-state index in [0.29, 0.717) is 50.1 Å². The van der Waals surface area contributed by atoms with Crippen molar-refractivity contribution < 1.29 is 9.50 Å². The van der Waals surface area contributed by atoms with Gasteiger partial charge in [0.05, 0.1) is 24.2 Å². The number of fused-ring (bicyclic) bond motifs is 1. The minimum atomic E-state index is -1.08. The number of nitrogens with two attached hydrogens (primary N) is 1. The zero-order valence-corrected chi connectivity index (χ0v) is 25.2. The van der Waals surface area contributed by atoms with Crippen LogP contribution in [0.4, 0.5) is 4.39 Å². The molecule has 3 aromatic heterocycles. The first-order valence-corrected chi connectivity index (χ1v) is 13.5. The van der Waals surface area contributed by atoms with Crippen molar-refractivity contribution in [2.45, 2.75) is 38.1 Å². The number of hydrogen-bond acceptors (Lipinski definition) is 8. The SMILES string of the molecule is Cl.Cl.Cn1nc2c(=O)n(CC3(O)CCN(Cc4ccc(-c5cncnc5)cc4F)CC3)cnc2c1-c1ccc(CN)cc1. The van der Waals surface area contributed by atoms with Crippen LogP contribution in [0, 0.1) is 5.82 Å². The van der Waals surface area contributed by atoms with Crippen LogP contribution in [-0.2, 0) is 26.7 Å². The lowest BCUT2D eigenvalue weighted by Crippen LogP contribution is -2.47. The van der Waals surface area contributed by atoms with Crippen molar-refractivity contribution in [3.05, 3.63) is 94.8 Å². The average molecular weight is 628 g/mol. The first-order valence-electron chi connectivity index (χ1n) is 13.5. The third-order valence-electron chi connectivity index (χ3n) is 7.87. The quantitative estimate of drug-likeness (QED) is 0.280. The van der Waals surface area contributed by atoms with Crippen molar-refractivity contribution >= 4 is 35.8 Å². The van der Waals surface area contributed by atoms with E-state index in [4.69, 9.17) is 5.73 Å². The van der Waals surface area contributed by atoms with Gasteiger partial charge in [-0.05, 0) is 30.0 Å². The van der Waals surface area contributed by atoms with Crippen LogP contribution in [0.25, 0.3) is 33.4 Å². The van der Waals surface area contributed by atoms with E-state index in [1.165, 1.54) is 23.3 Å². The molecule has 0 saturated carbocycles. The largest absolute Gasteiger partial charge is 0.388 e. The van der Waals surface area contributed by atoms with Crippen LogP contribution in [0.2, 0.25) is 0 Å². The molecule has 0 radical (unpaired) electrons. The molecule has 226 valence electrons. The summed E-state index contributed by atoms with van der Waals surface area (Å²) in [4.78, 5) is 28.0. The fourth-order valence-electron chi connectivity index (χ4n) is 5.48. The molecule has 3 N–H and O–H groups in total. The highest BCUT2D eigenvalue weighted by Crippen LogP contribution is 2.28. The van der Waals surface area contributed by atoms with E-state index in [-0.39, 0.29) is 48.3 Å². The molecule has 1 saturated heterocycles. The second-order valence-electron chi connectivity index (χ2n) is 10.7. The first kappa shape index (κ1) is 32.2. The monoisotopic (exact) mass is 626 g/mol. The second kappa shape index (κ2) is 13.3. The number of aryl methyl sites for hydroxylation is 1. The zero-order chi connectivity index (χ0) is 28.6. The maximum absolute atomic E-state index is 14.9. The van der Waals surface area contributed by atoms with Gasteiger partial charge in [0.25, 0.3) is 5.56 Å². The van der Waals surface area contributed by atoms with E-state index in [2.05, 4.69) is 25.0 Å². The Hall–Kier alpha value is -3.74. The van der Waals surface area contributed by atoms with Gasteiger partial charge in [-0.3, -0.25) is 18.9 Å². The third-order valence-corrected chi connectivity index (χ3v) is 7.87. The van der Waals surface area contributed by atoms with Gasteiger partial charge in [0, 0.05) is 62.3 Å². The van der Waals surface area contributed by atoms with E-state index in [1.54, 1.807) is 30.2 Å². The lowest BCUT2D eigenvalue weighted by molar-refractivity contribution is -0.0366. The molecule has 1 aliphatic heterocycles. The molecule has 43 heavy (non-hydrogen) atoms. The minimum Gasteiger partial charge on any atom is -0.388 e. The molecule has 0 spiro atoms. The molecule has 0 aliphatic carbocycles. The Morgan fingerprint density at radius 3 is 2.30 bits per heavy atom. The van der Waals surface area contributed by atoms with Gasteiger partial charge in [0.15, 0.2) is 5.52 Å². The van der Waals surface area contributed by atoms with Gasteiger partial charge in [-0.25, -0.2) is 19.3 Å². The number of rotatable bonds is 7. The number of aromatic nitrogens is 6. The summed E-state index contributed by atoms with van der Waals surface area (Å²) in [7, 11) is 1.79. The second-order valence-corrected chi connectivity index (χ2v) is 10.7. The molecular weight excluding hydrogens is 594 g/mol. The maximum Gasteiger partial charge on any atom is 0.281 e. The number of likely N-dealkylation sites (tertiary alicyclic amines) is 1. The molecule has 6 rings (SSSR count). The molecular formula is C30H33Cl2FN8O2. The van der Waals surface area contributed by atoms with E-state index in [1.807, 2.05) is 30.3 Å². The van der Waals surface area contributed by atoms with Crippen molar-refractivity contribution in [3.8, 4) is 22.4 Å². The van der Waals surface area contributed by atoms with Crippen molar-refractivity contribution in [3.63, 3.8) is 0 Å². The highest BCUT2D eigenvalue weighted by molar-refractivity contribution is 5.89. The van der Waals surface area contributed by atoms with Gasteiger partial charge in [0.2, 0.25) is 0 Å². The minimum absolute atomic E-state index is 0. The summed E-state index contributed by atoms with van der Waals surface area (Å²) < 4.78 is 18.0. The first-order chi connectivity index (χ1) is 19.8. The summed E-state index contributed by atoms with van der Waals surface area (Å²) in [6.07, 6.45) is 7.12. The maximum atomic E-state index is 14.9. The molecule has 1 aliphatic rings.